The van der Waals surface area contributed by atoms with Gasteiger partial charge in [0.05, 0.1) is 5.69 Å². The maximum Gasteiger partial charge on any atom is 0.289 e. The molecule has 0 saturated heterocycles. The molecule has 0 spiro atoms. The fourth-order valence-electron chi connectivity index (χ4n) is 5.19. The second-order valence-electron chi connectivity index (χ2n) is 9.26. The first-order valence-corrected chi connectivity index (χ1v) is 11.8. The van der Waals surface area contributed by atoms with Crippen LogP contribution in [0.25, 0.3) is 5.65 Å². The number of carbonyl (C=O) groups is 1. The summed E-state index contributed by atoms with van der Waals surface area (Å²) in [5, 5.41) is 6.99. The van der Waals surface area contributed by atoms with Crippen molar-refractivity contribution < 1.29 is 4.79 Å². The number of nitrogens with zero attached hydrogens (tertiary/aromatic N) is 4. The van der Waals surface area contributed by atoms with Gasteiger partial charge in [0.2, 0.25) is 0 Å². The minimum Gasteiger partial charge on any atom is -0.337 e. The highest BCUT2D eigenvalue weighted by molar-refractivity contribution is 6.39. The summed E-state index contributed by atoms with van der Waals surface area (Å²) in [6.45, 7) is 5.59. The lowest BCUT2D eigenvalue weighted by molar-refractivity contribution is -0.127. The van der Waals surface area contributed by atoms with Crippen molar-refractivity contribution >= 4 is 17.4 Å². The maximum absolute atomic E-state index is 13.4. The van der Waals surface area contributed by atoms with Crippen LogP contribution in [0.5, 0.6) is 0 Å². The van der Waals surface area contributed by atoms with Crippen LogP contribution >= 0.6 is 0 Å². The molecule has 0 aromatic carbocycles. The summed E-state index contributed by atoms with van der Waals surface area (Å²) in [6.07, 6.45) is 15.4. The zero-order chi connectivity index (χ0) is 22.1. The third-order valence-electron chi connectivity index (χ3n) is 6.98. The van der Waals surface area contributed by atoms with E-state index in [1.165, 1.54) is 0 Å². The van der Waals surface area contributed by atoms with Gasteiger partial charge >= 0.3 is 0 Å². The number of hydrogen-bond acceptors (Lipinski definition) is 5. The number of allylic oxidation sites excluding steroid dienone is 2. The second-order valence-corrected chi connectivity index (χ2v) is 9.26. The van der Waals surface area contributed by atoms with Crippen LogP contribution in [0, 0.1) is 0 Å². The molecule has 7 nitrogen and oxygen atoms in total. The maximum atomic E-state index is 13.4. The van der Waals surface area contributed by atoms with Gasteiger partial charge in [-0.05, 0) is 64.2 Å². The molecule has 3 atom stereocenters. The van der Waals surface area contributed by atoms with E-state index in [2.05, 4.69) is 41.2 Å². The number of nitrogens with one attached hydrogen (secondary N) is 2. The van der Waals surface area contributed by atoms with Crippen LogP contribution in [0.15, 0.2) is 59.5 Å². The van der Waals surface area contributed by atoms with Crippen LogP contribution in [0.2, 0.25) is 0 Å². The molecule has 1 aliphatic heterocycles. The van der Waals surface area contributed by atoms with Crippen LogP contribution in [0.3, 0.4) is 0 Å². The van der Waals surface area contributed by atoms with Crippen molar-refractivity contribution in [3.8, 4) is 0 Å². The molecule has 2 aromatic rings. The average molecular weight is 433 g/mol. The molecule has 2 aliphatic carbocycles. The first-order chi connectivity index (χ1) is 15.6. The van der Waals surface area contributed by atoms with Crippen LogP contribution in [0.1, 0.15) is 51.6 Å². The van der Waals surface area contributed by atoms with Gasteiger partial charge in [-0.1, -0.05) is 18.2 Å². The molecule has 2 aromatic heterocycles. The molecule has 5 rings (SSSR count). The molecular weight excluding hydrogens is 400 g/mol. The minimum absolute atomic E-state index is 0.0232. The first kappa shape index (κ1) is 20.9. The highest BCUT2D eigenvalue weighted by Crippen LogP contribution is 2.32. The third-order valence-corrected chi connectivity index (χ3v) is 6.98. The number of amides is 1. The Balaban J connectivity index is 1.22. The number of aliphatic imine (C=N–C) groups is 1. The van der Waals surface area contributed by atoms with Crippen molar-refractivity contribution in [2.24, 2.45) is 4.99 Å². The molecule has 3 heterocycles. The Kier molecular flexibility index (Phi) is 5.59. The monoisotopic (exact) mass is 432 g/mol. The number of hydrogen-bond donors (Lipinski definition) is 2. The van der Waals surface area contributed by atoms with E-state index >= 15 is 0 Å². The molecule has 7 heteroatoms. The molecule has 1 fully saturated rings. The summed E-state index contributed by atoms with van der Waals surface area (Å²) >= 11 is 0. The Morgan fingerprint density at radius 3 is 3.09 bits per heavy atom. The van der Waals surface area contributed by atoms with E-state index in [1.54, 1.807) is 0 Å². The van der Waals surface area contributed by atoms with Crippen LogP contribution in [-0.2, 0) is 11.3 Å². The smallest absolute Gasteiger partial charge is 0.289 e. The molecule has 1 unspecified atom stereocenters. The predicted molar refractivity (Wildman–Crippen MR) is 126 cm³/mol. The van der Waals surface area contributed by atoms with E-state index in [9.17, 15) is 4.79 Å². The number of fused-ring (bicyclic) bond motifs is 2. The Hall–Kier alpha value is -2.93. The minimum atomic E-state index is -0.329. The number of aromatic nitrogens is 2. The summed E-state index contributed by atoms with van der Waals surface area (Å²) in [4.78, 5) is 24.9. The summed E-state index contributed by atoms with van der Waals surface area (Å²) in [5.74, 6) is 0.513. The largest absolute Gasteiger partial charge is 0.337 e. The summed E-state index contributed by atoms with van der Waals surface area (Å²) in [5.41, 5.74) is 2.71. The van der Waals surface area contributed by atoms with Gasteiger partial charge in [-0.3, -0.25) is 9.79 Å². The number of likely N-dealkylation sites (N-methyl/N-ethyl adjacent to an activating group) is 1. The Bertz CT molecular complexity index is 1070. The fraction of sp³-hybridized carbons (Fsp3) is 0.480. The van der Waals surface area contributed by atoms with Gasteiger partial charge in [0, 0.05) is 43.3 Å². The molecule has 3 aliphatic rings. The molecule has 1 amide bonds. The standard InChI is InChI=1S/C25H32N6O/c1-3-31(24(32)23-28-21-11-4-6-13-25(21,2)29-23)20-10-8-9-18(15-20)26-16-19-17-30-14-7-5-12-22(30)27-19/h4-7,11-12,14,17-18,20,26H,3,8-10,13,15-16H2,1-2H3,(H,28,29)/t18-,20+,25?/m1/s1. The van der Waals surface area contributed by atoms with Crippen LogP contribution < -0.4 is 10.6 Å². The van der Waals surface area contributed by atoms with Crippen LogP contribution in [-0.4, -0.2) is 50.2 Å². The van der Waals surface area contributed by atoms with Crippen molar-refractivity contribution in [3.05, 3.63) is 60.2 Å². The van der Waals surface area contributed by atoms with Gasteiger partial charge in [-0.2, -0.15) is 0 Å². The van der Waals surface area contributed by atoms with Gasteiger partial charge in [0.15, 0.2) is 5.84 Å². The fourth-order valence-corrected chi connectivity index (χ4v) is 5.19. The van der Waals surface area contributed by atoms with E-state index < -0.39 is 0 Å². The van der Waals surface area contributed by atoms with E-state index in [4.69, 9.17) is 9.98 Å². The quantitative estimate of drug-likeness (QED) is 0.735. The van der Waals surface area contributed by atoms with E-state index in [0.29, 0.717) is 18.4 Å². The average Bonchev–Trinajstić information content (AvgIpc) is 3.38. The van der Waals surface area contributed by atoms with Gasteiger partial charge < -0.3 is 19.9 Å². The summed E-state index contributed by atoms with van der Waals surface area (Å²) in [6, 6.07) is 6.65. The van der Waals surface area contributed by atoms with Gasteiger partial charge in [0.1, 0.15) is 11.2 Å². The highest BCUT2D eigenvalue weighted by atomic mass is 16.2. The SMILES string of the molecule is CCN(C(=O)C1=NC2(C)CC=CC=C2N1)[C@H]1CCC[C@@H](NCc2cn3ccccc3n2)C1. The lowest BCUT2D eigenvalue weighted by Gasteiger charge is -2.37. The summed E-state index contributed by atoms with van der Waals surface area (Å²) < 4.78 is 2.05. The molecule has 0 bridgehead atoms. The Morgan fingerprint density at radius 1 is 1.38 bits per heavy atom. The molecule has 168 valence electrons. The molecular formula is C25H32N6O. The van der Waals surface area contributed by atoms with Crippen molar-refractivity contribution in [3.63, 3.8) is 0 Å². The highest BCUT2D eigenvalue weighted by Gasteiger charge is 2.39. The summed E-state index contributed by atoms with van der Waals surface area (Å²) in [7, 11) is 0. The van der Waals surface area contributed by atoms with Crippen molar-refractivity contribution in [2.45, 2.75) is 70.1 Å². The van der Waals surface area contributed by atoms with Gasteiger partial charge in [0.25, 0.3) is 5.91 Å². The normalized spacial score (nSPS) is 26.9. The van der Waals surface area contributed by atoms with Gasteiger partial charge in [-0.25, -0.2) is 4.98 Å². The number of rotatable bonds is 6. The number of amidine groups is 1. The van der Waals surface area contributed by atoms with Crippen molar-refractivity contribution in [2.75, 3.05) is 6.54 Å². The Labute approximate surface area is 189 Å². The van der Waals surface area contributed by atoms with E-state index in [-0.39, 0.29) is 17.5 Å². The van der Waals surface area contributed by atoms with E-state index in [0.717, 1.165) is 55.7 Å². The molecule has 32 heavy (non-hydrogen) atoms. The van der Waals surface area contributed by atoms with Crippen molar-refractivity contribution in [1.82, 2.24) is 24.9 Å². The lowest BCUT2D eigenvalue weighted by atomic mass is 9.89. The zero-order valence-electron chi connectivity index (χ0n) is 18.9. The number of pyridine rings is 1. The van der Waals surface area contributed by atoms with Crippen LogP contribution in [0.4, 0.5) is 0 Å². The Morgan fingerprint density at radius 2 is 2.28 bits per heavy atom. The third kappa shape index (κ3) is 3.97. The number of carbonyl (C=O) groups excluding carboxylic acids is 1. The topological polar surface area (TPSA) is 74.0 Å². The predicted octanol–water partition coefficient (Wildman–Crippen LogP) is 3.19. The molecule has 0 radical (unpaired) electrons. The second kappa shape index (κ2) is 8.54. The first-order valence-electron chi connectivity index (χ1n) is 11.8. The van der Waals surface area contributed by atoms with E-state index in [1.807, 2.05) is 41.4 Å². The van der Waals surface area contributed by atoms with Gasteiger partial charge in [-0.15, -0.1) is 0 Å². The lowest BCUT2D eigenvalue weighted by Crippen LogP contribution is -2.50. The van der Waals surface area contributed by atoms with Crippen molar-refractivity contribution in [1.29, 1.82) is 0 Å². The number of imidazole rings is 1. The molecule has 1 saturated carbocycles. The zero-order valence-corrected chi connectivity index (χ0v) is 18.9. The molecule has 2 N–H and O–H groups in total.